The second kappa shape index (κ2) is 13.7. The van der Waals surface area contributed by atoms with E-state index in [0.717, 1.165) is 0 Å². The van der Waals surface area contributed by atoms with E-state index in [1.807, 2.05) is 0 Å². The molecular weight excluding hydrogens is 488 g/mol. The normalized spacial score (nSPS) is 14.9. The highest BCUT2D eigenvalue weighted by atomic mass is 16.4. The number of H-pyrrole nitrogens is 1. The zero-order chi connectivity index (χ0) is 27.5. The number of carbonyl (C=O) groups excluding carboxylic acids is 3. The van der Waals surface area contributed by atoms with Crippen LogP contribution in [0.1, 0.15) is 24.6 Å². The third-order valence-electron chi connectivity index (χ3n) is 5.34. The quantitative estimate of drug-likeness (QED) is 0.136. The van der Waals surface area contributed by atoms with Crippen LogP contribution in [0.3, 0.4) is 0 Å². The largest absolute Gasteiger partial charge is 0.481 e. The van der Waals surface area contributed by atoms with E-state index >= 15 is 0 Å². The Bertz CT molecular complexity index is 1080. The lowest BCUT2D eigenvalue weighted by atomic mass is 10.0. The first kappa shape index (κ1) is 28.9. The van der Waals surface area contributed by atoms with Crippen molar-refractivity contribution < 1.29 is 39.3 Å². The van der Waals surface area contributed by atoms with Crippen molar-refractivity contribution in [3.8, 4) is 0 Å². The van der Waals surface area contributed by atoms with E-state index in [9.17, 15) is 39.3 Å². The summed E-state index contributed by atoms with van der Waals surface area (Å²) in [6.45, 7) is 1.29. The van der Waals surface area contributed by atoms with Crippen molar-refractivity contribution in [3.63, 3.8) is 0 Å². The zero-order valence-corrected chi connectivity index (χ0v) is 20.0. The van der Waals surface area contributed by atoms with Gasteiger partial charge in [0.05, 0.1) is 18.9 Å². The van der Waals surface area contributed by atoms with Crippen LogP contribution in [0.2, 0.25) is 0 Å². The molecule has 0 radical (unpaired) electrons. The molecule has 1 aromatic carbocycles. The van der Waals surface area contributed by atoms with E-state index in [4.69, 9.17) is 5.73 Å². The molecule has 5 atom stereocenters. The Morgan fingerprint density at radius 1 is 0.919 bits per heavy atom. The minimum atomic E-state index is -1.66. The molecule has 1 heterocycles. The van der Waals surface area contributed by atoms with Gasteiger partial charge in [-0.2, -0.15) is 0 Å². The van der Waals surface area contributed by atoms with E-state index in [2.05, 4.69) is 25.9 Å². The number of carboxylic acid groups (broad SMARTS) is 2. The second-order valence-electron chi connectivity index (χ2n) is 8.36. The molecule has 0 aliphatic heterocycles. The van der Waals surface area contributed by atoms with Crippen LogP contribution < -0.4 is 21.7 Å². The Kier molecular flexibility index (Phi) is 10.7. The number of aromatic amines is 1. The van der Waals surface area contributed by atoms with Crippen molar-refractivity contribution >= 4 is 29.7 Å². The Labute approximate surface area is 211 Å². The van der Waals surface area contributed by atoms with E-state index in [1.54, 1.807) is 30.3 Å². The number of nitrogens with two attached hydrogens (primary N) is 1. The molecule has 14 heteroatoms. The number of nitrogens with one attached hydrogen (secondary N) is 4. The number of carboxylic acids is 2. The van der Waals surface area contributed by atoms with Gasteiger partial charge in [0, 0.05) is 24.7 Å². The number of benzene rings is 1. The number of aliphatic hydroxyl groups is 1. The lowest BCUT2D eigenvalue weighted by Gasteiger charge is -2.25. The topological polar surface area (TPSA) is 237 Å². The SMILES string of the molecule is CC(O)C(N)C(=O)NC(Cc1cnc[nH]1)C(=O)NC(CC(=O)O)C(=O)NC(Cc1ccccc1)C(=O)O. The average Bonchev–Trinajstić information content (AvgIpc) is 3.35. The molecule has 2 aromatic rings. The highest BCUT2D eigenvalue weighted by Crippen LogP contribution is 2.06. The van der Waals surface area contributed by atoms with Gasteiger partial charge in [0.15, 0.2) is 0 Å². The monoisotopic (exact) mass is 518 g/mol. The molecule has 1 aromatic heterocycles. The highest BCUT2D eigenvalue weighted by Gasteiger charge is 2.32. The van der Waals surface area contributed by atoms with Crippen molar-refractivity contribution in [2.24, 2.45) is 5.73 Å². The van der Waals surface area contributed by atoms with Gasteiger partial charge < -0.3 is 42.0 Å². The number of carbonyl (C=O) groups is 5. The van der Waals surface area contributed by atoms with E-state index < -0.39 is 66.4 Å². The van der Waals surface area contributed by atoms with Gasteiger partial charge in [-0.05, 0) is 12.5 Å². The van der Waals surface area contributed by atoms with Gasteiger partial charge in [0.1, 0.15) is 24.2 Å². The van der Waals surface area contributed by atoms with Gasteiger partial charge in [-0.25, -0.2) is 9.78 Å². The fourth-order valence-corrected chi connectivity index (χ4v) is 3.29. The van der Waals surface area contributed by atoms with Gasteiger partial charge >= 0.3 is 11.9 Å². The number of nitrogens with zero attached hydrogens (tertiary/aromatic N) is 1. The number of aromatic nitrogens is 2. The summed E-state index contributed by atoms with van der Waals surface area (Å²) in [5.41, 5.74) is 6.68. The molecule has 200 valence electrons. The van der Waals surface area contributed by atoms with Gasteiger partial charge in [0.25, 0.3) is 0 Å². The Morgan fingerprint density at radius 3 is 2.05 bits per heavy atom. The summed E-state index contributed by atoms with van der Waals surface area (Å²) in [5.74, 6) is -5.61. The number of imidazole rings is 1. The number of hydrogen-bond acceptors (Lipinski definition) is 8. The smallest absolute Gasteiger partial charge is 0.326 e. The van der Waals surface area contributed by atoms with Crippen molar-refractivity contribution in [3.05, 3.63) is 54.1 Å². The number of rotatable bonds is 14. The summed E-state index contributed by atoms with van der Waals surface area (Å²) in [7, 11) is 0. The van der Waals surface area contributed by atoms with Gasteiger partial charge in [-0.3, -0.25) is 19.2 Å². The second-order valence-corrected chi connectivity index (χ2v) is 8.36. The van der Waals surface area contributed by atoms with Crippen LogP contribution in [0.25, 0.3) is 0 Å². The minimum absolute atomic E-state index is 0.0780. The number of hydrogen-bond donors (Lipinski definition) is 8. The van der Waals surface area contributed by atoms with Gasteiger partial charge in [-0.1, -0.05) is 30.3 Å². The zero-order valence-electron chi connectivity index (χ0n) is 20.0. The molecule has 0 bridgehead atoms. The molecular formula is C23H30N6O8. The van der Waals surface area contributed by atoms with Crippen LogP contribution in [-0.2, 0) is 36.8 Å². The van der Waals surface area contributed by atoms with Gasteiger partial charge in [-0.15, -0.1) is 0 Å². The van der Waals surface area contributed by atoms with Crippen LogP contribution in [0, 0.1) is 0 Å². The molecule has 14 nitrogen and oxygen atoms in total. The molecule has 5 unspecified atom stereocenters. The maximum absolute atomic E-state index is 13.1. The first-order valence-electron chi connectivity index (χ1n) is 11.3. The summed E-state index contributed by atoms with van der Waals surface area (Å²) in [4.78, 5) is 68.0. The average molecular weight is 519 g/mol. The molecule has 0 aliphatic rings. The van der Waals surface area contributed by atoms with Crippen LogP contribution in [0.15, 0.2) is 42.9 Å². The summed E-state index contributed by atoms with van der Waals surface area (Å²) in [6.07, 6.45) is 0.450. The highest BCUT2D eigenvalue weighted by molar-refractivity contribution is 5.95. The summed E-state index contributed by atoms with van der Waals surface area (Å²) in [6, 6.07) is 2.72. The van der Waals surface area contributed by atoms with E-state index in [-0.39, 0.29) is 12.8 Å². The third-order valence-corrected chi connectivity index (χ3v) is 5.34. The molecule has 0 saturated heterocycles. The number of aliphatic hydroxyl groups excluding tert-OH is 1. The third kappa shape index (κ3) is 9.35. The van der Waals surface area contributed by atoms with E-state index in [0.29, 0.717) is 11.3 Å². The predicted molar refractivity (Wildman–Crippen MR) is 128 cm³/mol. The molecule has 2 rings (SSSR count). The fraction of sp³-hybridized carbons (Fsp3) is 0.391. The first-order valence-corrected chi connectivity index (χ1v) is 11.3. The van der Waals surface area contributed by atoms with Crippen LogP contribution in [0.5, 0.6) is 0 Å². The fourth-order valence-electron chi connectivity index (χ4n) is 3.29. The van der Waals surface area contributed by atoms with Crippen molar-refractivity contribution in [2.75, 3.05) is 0 Å². The maximum atomic E-state index is 13.1. The Morgan fingerprint density at radius 2 is 1.51 bits per heavy atom. The lowest BCUT2D eigenvalue weighted by molar-refractivity contribution is -0.143. The summed E-state index contributed by atoms with van der Waals surface area (Å²) in [5, 5.41) is 35.3. The number of aliphatic carboxylic acids is 2. The summed E-state index contributed by atoms with van der Waals surface area (Å²) >= 11 is 0. The molecule has 37 heavy (non-hydrogen) atoms. The molecule has 0 saturated carbocycles. The Balaban J connectivity index is 2.19. The molecule has 0 fully saturated rings. The minimum Gasteiger partial charge on any atom is -0.481 e. The first-order chi connectivity index (χ1) is 17.5. The van der Waals surface area contributed by atoms with Crippen molar-refractivity contribution in [1.29, 1.82) is 0 Å². The molecule has 0 spiro atoms. The molecule has 3 amide bonds. The van der Waals surface area contributed by atoms with E-state index in [1.165, 1.54) is 19.4 Å². The van der Waals surface area contributed by atoms with Gasteiger partial charge in [0.2, 0.25) is 17.7 Å². The lowest BCUT2D eigenvalue weighted by Crippen LogP contribution is -2.59. The number of amides is 3. The molecule has 0 aliphatic carbocycles. The van der Waals surface area contributed by atoms with Crippen LogP contribution in [0.4, 0.5) is 0 Å². The van der Waals surface area contributed by atoms with Crippen molar-refractivity contribution in [1.82, 2.24) is 25.9 Å². The van der Waals surface area contributed by atoms with Crippen LogP contribution in [-0.4, -0.2) is 85.2 Å². The Hall–Kier alpha value is -4.30. The molecule has 9 N–H and O–H groups in total. The predicted octanol–water partition coefficient (Wildman–Crippen LogP) is -2.08. The maximum Gasteiger partial charge on any atom is 0.326 e. The van der Waals surface area contributed by atoms with Crippen molar-refractivity contribution in [2.45, 2.75) is 56.5 Å². The standard InChI is InChI=1S/C23H30N6O8/c1-12(30)19(24)22(35)28-15(8-14-10-25-11-26-14)20(33)27-16(9-18(31)32)21(34)29-17(23(36)37)7-13-5-3-2-4-6-13/h2-6,10-12,15-17,19,30H,7-9,24H2,1H3,(H,25,26)(H,27,33)(H,28,35)(H,29,34)(H,31,32)(H,36,37). The van der Waals surface area contributed by atoms with Crippen LogP contribution >= 0.6 is 0 Å². The summed E-state index contributed by atoms with van der Waals surface area (Å²) < 4.78 is 0.